The number of benzene rings is 2. The third-order valence-corrected chi connectivity index (χ3v) is 5.55. The predicted molar refractivity (Wildman–Crippen MR) is 118 cm³/mol. The number of halogens is 1. The Morgan fingerprint density at radius 2 is 1.90 bits per heavy atom. The molecule has 2 heterocycles. The van der Waals surface area contributed by atoms with Crippen LogP contribution in [0.15, 0.2) is 52.9 Å². The smallest absolute Gasteiger partial charge is 0.290 e. The summed E-state index contributed by atoms with van der Waals surface area (Å²) in [7, 11) is 3.61. The van der Waals surface area contributed by atoms with Gasteiger partial charge in [0.15, 0.2) is 0 Å². The van der Waals surface area contributed by atoms with Crippen molar-refractivity contribution < 1.29 is 13.9 Å². The van der Waals surface area contributed by atoms with E-state index in [2.05, 4.69) is 5.32 Å². The third kappa shape index (κ3) is 4.26. The van der Waals surface area contributed by atoms with Crippen LogP contribution in [0.25, 0.3) is 22.1 Å². The molecule has 0 atom stereocenters. The van der Waals surface area contributed by atoms with E-state index in [-0.39, 0.29) is 18.3 Å². The number of furan rings is 1. The summed E-state index contributed by atoms with van der Waals surface area (Å²) >= 11 is 0. The molecule has 1 aromatic heterocycles. The van der Waals surface area contributed by atoms with Crippen molar-refractivity contribution in [2.45, 2.75) is 12.8 Å². The minimum absolute atomic E-state index is 0. The van der Waals surface area contributed by atoms with E-state index < -0.39 is 0 Å². The van der Waals surface area contributed by atoms with Crippen LogP contribution in [0.4, 0.5) is 0 Å². The summed E-state index contributed by atoms with van der Waals surface area (Å²) in [6.07, 6.45) is 2.03. The standard InChI is InChI=1S/C23H26N2O3.ClH/c1-24-15-16-10-12-25(13-11-16)23(26)22-21(17-6-4-3-5-7-17)19-9-8-18(27-2)14-20(19)28-22;/h3-9,14,16,24H,10-13,15H2,1-2H3;1H. The van der Waals surface area contributed by atoms with Gasteiger partial charge in [-0.1, -0.05) is 30.3 Å². The van der Waals surface area contributed by atoms with E-state index in [4.69, 9.17) is 9.15 Å². The first-order valence-corrected chi connectivity index (χ1v) is 9.81. The van der Waals surface area contributed by atoms with Gasteiger partial charge in [0.2, 0.25) is 5.76 Å². The van der Waals surface area contributed by atoms with Crippen LogP contribution in [-0.2, 0) is 0 Å². The predicted octanol–water partition coefficient (Wildman–Crippen LogP) is 4.60. The Bertz CT molecular complexity index is 963. The monoisotopic (exact) mass is 414 g/mol. The lowest BCUT2D eigenvalue weighted by Crippen LogP contribution is -2.40. The van der Waals surface area contributed by atoms with Crippen molar-refractivity contribution in [1.82, 2.24) is 10.2 Å². The molecule has 0 bridgehead atoms. The van der Waals surface area contributed by atoms with Gasteiger partial charge in [0.25, 0.3) is 5.91 Å². The number of piperidine rings is 1. The number of ether oxygens (including phenoxy) is 1. The van der Waals surface area contributed by atoms with Gasteiger partial charge in [0, 0.05) is 30.1 Å². The van der Waals surface area contributed by atoms with Crippen molar-refractivity contribution >= 4 is 29.3 Å². The van der Waals surface area contributed by atoms with Crippen LogP contribution in [0.1, 0.15) is 23.4 Å². The summed E-state index contributed by atoms with van der Waals surface area (Å²) in [6.45, 7) is 2.53. The van der Waals surface area contributed by atoms with Gasteiger partial charge in [-0.3, -0.25) is 4.79 Å². The van der Waals surface area contributed by atoms with Gasteiger partial charge in [0.05, 0.1) is 7.11 Å². The van der Waals surface area contributed by atoms with Crippen molar-refractivity contribution in [3.8, 4) is 16.9 Å². The van der Waals surface area contributed by atoms with E-state index in [0.717, 1.165) is 49.0 Å². The maximum Gasteiger partial charge on any atom is 0.290 e. The Hall–Kier alpha value is -2.50. The molecular formula is C23H27ClN2O3. The summed E-state index contributed by atoms with van der Waals surface area (Å²) in [6, 6.07) is 15.7. The number of amides is 1. The Labute approximate surface area is 177 Å². The number of hydrogen-bond donors (Lipinski definition) is 1. The minimum atomic E-state index is -0.0306. The molecule has 0 unspecified atom stereocenters. The summed E-state index contributed by atoms with van der Waals surface area (Å²) in [4.78, 5) is 15.3. The van der Waals surface area contributed by atoms with Crippen LogP contribution < -0.4 is 10.1 Å². The van der Waals surface area contributed by atoms with Gasteiger partial charge in [-0.2, -0.15) is 0 Å². The molecule has 0 spiro atoms. The van der Waals surface area contributed by atoms with Crippen molar-refractivity contribution in [3.05, 3.63) is 54.3 Å². The molecule has 3 aromatic rings. The largest absolute Gasteiger partial charge is 0.497 e. The SMILES string of the molecule is CNCC1CCN(C(=O)c2oc3cc(OC)ccc3c2-c2ccccc2)CC1.Cl. The molecule has 1 aliphatic rings. The topological polar surface area (TPSA) is 54.7 Å². The number of likely N-dealkylation sites (tertiary alicyclic amines) is 1. The highest BCUT2D eigenvalue weighted by molar-refractivity contribution is 6.08. The van der Waals surface area contributed by atoms with Crippen LogP contribution >= 0.6 is 12.4 Å². The van der Waals surface area contributed by atoms with Crippen LogP contribution in [0, 0.1) is 5.92 Å². The highest BCUT2D eigenvalue weighted by atomic mass is 35.5. The number of nitrogens with one attached hydrogen (secondary N) is 1. The molecule has 1 N–H and O–H groups in total. The molecule has 1 saturated heterocycles. The number of carbonyl (C=O) groups is 1. The first kappa shape index (κ1) is 21.2. The molecule has 0 saturated carbocycles. The zero-order valence-electron chi connectivity index (χ0n) is 16.8. The Morgan fingerprint density at radius 3 is 2.55 bits per heavy atom. The number of hydrogen-bond acceptors (Lipinski definition) is 4. The Morgan fingerprint density at radius 1 is 1.17 bits per heavy atom. The summed E-state index contributed by atoms with van der Waals surface area (Å²) in [5.41, 5.74) is 2.52. The molecule has 0 aliphatic carbocycles. The highest BCUT2D eigenvalue weighted by Gasteiger charge is 2.29. The van der Waals surface area contributed by atoms with Crippen LogP contribution in [-0.4, -0.2) is 44.6 Å². The third-order valence-electron chi connectivity index (χ3n) is 5.55. The van der Waals surface area contributed by atoms with Gasteiger partial charge in [0.1, 0.15) is 11.3 Å². The zero-order chi connectivity index (χ0) is 19.5. The van der Waals surface area contributed by atoms with Gasteiger partial charge in [-0.05, 0) is 50.0 Å². The fraction of sp³-hybridized carbons (Fsp3) is 0.348. The van der Waals surface area contributed by atoms with E-state index in [1.165, 1.54) is 0 Å². The summed E-state index contributed by atoms with van der Waals surface area (Å²) < 4.78 is 11.4. The summed E-state index contributed by atoms with van der Waals surface area (Å²) in [5, 5.41) is 4.17. The summed E-state index contributed by atoms with van der Waals surface area (Å²) in [5.74, 6) is 1.73. The van der Waals surface area contributed by atoms with E-state index >= 15 is 0 Å². The molecule has 6 heteroatoms. The van der Waals surface area contributed by atoms with Gasteiger partial charge >= 0.3 is 0 Å². The second kappa shape index (κ2) is 9.33. The molecule has 29 heavy (non-hydrogen) atoms. The van der Waals surface area contributed by atoms with E-state index in [0.29, 0.717) is 23.0 Å². The highest BCUT2D eigenvalue weighted by Crippen LogP contribution is 2.37. The lowest BCUT2D eigenvalue weighted by molar-refractivity contribution is 0.0662. The fourth-order valence-corrected chi connectivity index (χ4v) is 4.02. The van der Waals surface area contributed by atoms with Crippen molar-refractivity contribution in [2.24, 2.45) is 5.92 Å². The first-order valence-electron chi connectivity index (χ1n) is 9.81. The van der Waals surface area contributed by atoms with Crippen molar-refractivity contribution in [3.63, 3.8) is 0 Å². The fourth-order valence-electron chi connectivity index (χ4n) is 4.02. The molecule has 4 rings (SSSR count). The maximum atomic E-state index is 13.4. The van der Waals surface area contributed by atoms with Gasteiger partial charge < -0.3 is 19.4 Å². The zero-order valence-corrected chi connectivity index (χ0v) is 17.6. The molecule has 2 aromatic carbocycles. The quantitative estimate of drug-likeness (QED) is 0.662. The lowest BCUT2D eigenvalue weighted by atomic mass is 9.96. The molecule has 1 aliphatic heterocycles. The van der Waals surface area contributed by atoms with Crippen LogP contribution in [0.5, 0.6) is 5.75 Å². The van der Waals surface area contributed by atoms with E-state index in [9.17, 15) is 4.79 Å². The second-order valence-electron chi connectivity index (χ2n) is 7.33. The normalized spacial score (nSPS) is 14.6. The molecule has 1 fully saturated rings. The number of rotatable bonds is 5. The number of methoxy groups -OCH3 is 1. The Kier molecular flexibility index (Phi) is 6.83. The first-order chi connectivity index (χ1) is 13.7. The molecule has 154 valence electrons. The van der Waals surface area contributed by atoms with Gasteiger partial charge in [-0.15, -0.1) is 12.4 Å². The molecular weight excluding hydrogens is 388 g/mol. The lowest BCUT2D eigenvalue weighted by Gasteiger charge is -2.31. The van der Waals surface area contributed by atoms with E-state index in [1.54, 1.807) is 7.11 Å². The maximum absolute atomic E-state index is 13.4. The van der Waals surface area contributed by atoms with Crippen LogP contribution in [0.2, 0.25) is 0 Å². The van der Waals surface area contributed by atoms with Gasteiger partial charge in [-0.25, -0.2) is 0 Å². The molecule has 0 radical (unpaired) electrons. The number of nitrogens with zero attached hydrogens (tertiary/aromatic N) is 1. The molecule has 1 amide bonds. The van der Waals surface area contributed by atoms with Crippen molar-refractivity contribution in [1.29, 1.82) is 0 Å². The average molecular weight is 415 g/mol. The minimum Gasteiger partial charge on any atom is -0.497 e. The van der Waals surface area contributed by atoms with E-state index in [1.807, 2.05) is 60.5 Å². The average Bonchev–Trinajstić information content (AvgIpc) is 3.13. The van der Waals surface area contributed by atoms with Crippen molar-refractivity contribution in [2.75, 3.05) is 33.8 Å². The van der Waals surface area contributed by atoms with Crippen LogP contribution in [0.3, 0.4) is 0 Å². The second-order valence-corrected chi connectivity index (χ2v) is 7.33. The number of carbonyl (C=O) groups excluding carboxylic acids is 1. The molecule has 5 nitrogen and oxygen atoms in total. The Balaban J connectivity index is 0.00000240. The number of fused-ring (bicyclic) bond motifs is 1.